The lowest BCUT2D eigenvalue weighted by molar-refractivity contribution is 0.143. The van der Waals surface area contributed by atoms with Crippen LogP contribution in [-0.2, 0) is 0 Å². The summed E-state index contributed by atoms with van der Waals surface area (Å²) in [6.45, 7) is 6.06. The van der Waals surface area contributed by atoms with E-state index in [-0.39, 0.29) is 0 Å². The van der Waals surface area contributed by atoms with Crippen molar-refractivity contribution < 1.29 is 5.11 Å². The van der Waals surface area contributed by atoms with Gasteiger partial charge in [-0.25, -0.2) is 0 Å². The Balaban J connectivity index is 1.96. The second-order valence-electron chi connectivity index (χ2n) is 6.39. The smallest absolute Gasteiger partial charge is 0.0883 e. The van der Waals surface area contributed by atoms with Gasteiger partial charge in [0, 0.05) is 6.42 Å². The topological polar surface area (TPSA) is 20.2 Å². The lowest BCUT2D eigenvalue weighted by Gasteiger charge is -2.39. The number of hydrogen-bond donors (Lipinski definition) is 1. The van der Waals surface area contributed by atoms with Crippen LogP contribution in [0.15, 0.2) is 30.2 Å². The van der Waals surface area contributed by atoms with E-state index in [2.05, 4.69) is 25.3 Å². The predicted octanol–water partition coefficient (Wildman–Crippen LogP) is 5.40. The highest BCUT2D eigenvalue weighted by Gasteiger charge is 2.33. The number of allylic oxidation sites excluding steroid dienone is 3. The van der Waals surface area contributed by atoms with E-state index in [4.69, 9.17) is 0 Å². The Morgan fingerprint density at radius 1 is 1.37 bits per heavy atom. The van der Waals surface area contributed by atoms with Gasteiger partial charge in [0.1, 0.15) is 0 Å². The van der Waals surface area contributed by atoms with Crippen molar-refractivity contribution in [1.29, 1.82) is 0 Å². The maximum Gasteiger partial charge on any atom is 0.0883 e. The zero-order valence-corrected chi connectivity index (χ0v) is 12.3. The first kappa shape index (κ1) is 14.5. The molecule has 0 aromatic heterocycles. The van der Waals surface area contributed by atoms with Gasteiger partial charge in [-0.2, -0.15) is 0 Å². The van der Waals surface area contributed by atoms with Crippen molar-refractivity contribution in [2.24, 2.45) is 23.7 Å². The first-order valence-corrected chi connectivity index (χ1v) is 7.98. The van der Waals surface area contributed by atoms with Crippen molar-refractivity contribution in [3.63, 3.8) is 0 Å². The molecule has 0 aliphatic heterocycles. The lowest BCUT2D eigenvalue weighted by atomic mass is 9.66. The second kappa shape index (κ2) is 7.01. The minimum Gasteiger partial charge on any atom is -0.513 e. The molecule has 0 aromatic carbocycles. The van der Waals surface area contributed by atoms with Gasteiger partial charge in [0.15, 0.2) is 0 Å². The molecule has 4 unspecified atom stereocenters. The highest BCUT2D eigenvalue weighted by atomic mass is 16.3. The second-order valence-corrected chi connectivity index (χ2v) is 6.39. The molecule has 0 saturated heterocycles. The van der Waals surface area contributed by atoms with Crippen molar-refractivity contribution in [1.82, 2.24) is 0 Å². The fourth-order valence-corrected chi connectivity index (χ4v) is 4.08. The standard InChI is InChI=1S/C18H28O/c1-3-5-14-7-8-17(13-16(14)6-4-2)15-9-11-18(19)12-10-15/h6,11,14-17,19H,2-3,5,7-10,12-13H2,1H3. The van der Waals surface area contributed by atoms with Crippen LogP contribution < -0.4 is 0 Å². The third-order valence-electron chi connectivity index (χ3n) is 5.17. The fraction of sp³-hybridized carbons (Fsp3) is 0.722. The maximum absolute atomic E-state index is 9.51. The van der Waals surface area contributed by atoms with Crippen LogP contribution in [-0.4, -0.2) is 5.11 Å². The summed E-state index contributed by atoms with van der Waals surface area (Å²) in [5, 5.41) is 9.51. The molecule has 19 heavy (non-hydrogen) atoms. The Hall–Kier alpha value is -0.940. The fourth-order valence-electron chi connectivity index (χ4n) is 4.08. The van der Waals surface area contributed by atoms with Crippen LogP contribution >= 0.6 is 0 Å². The van der Waals surface area contributed by atoms with E-state index in [0.29, 0.717) is 11.7 Å². The Morgan fingerprint density at radius 3 is 2.84 bits per heavy atom. The molecule has 2 aliphatic carbocycles. The number of aliphatic hydroxyl groups excluding tert-OH is 1. The molecule has 2 rings (SSSR count). The molecule has 1 nitrogen and oxygen atoms in total. The molecule has 0 amide bonds. The van der Waals surface area contributed by atoms with E-state index in [1.165, 1.54) is 38.5 Å². The van der Waals surface area contributed by atoms with E-state index >= 15 is 0 Å². The Morgan fingerprint density at radius 2 is 2.21 bits per heavy atom. The highest BCUT2D eigenvalue weighted by molar-refractivity contribution is 5.01. The van der Waals surface area contributed by atoms with Gasteiger partial charge in [0.05, 0.1) is 5.76 Å². The summed E-state index contributed by atoms with van der Waals surface area (Å²) in [5.41, 5.74) is 3.03. The molecule has 0 bridgehead atoms. The zero-order chi connectivity index (χ0) is 13.7. The summed E-state index contributed by atoms with van der Waals surface area (Å²) in [7, 11) is 0. The van der Waals surface area contributed by atoms with Gasteiger partial charge in [-0.1, -0.05) is 26.3 Å². The average molecular weight is 260 g/mol. The molecule has 1 N–H and O–H groups in total. The van der Waals surface area contributed by atoms with E-state index in [0.717, 1.165) is 30.6 Å². The monoisotopic (exact) mass is 260 g/mol. The molecule has 0 aromatic rings. The first-order valence-electron chi connectivity index (χ1n) is 7.98. The van der Waals surface area contributed by atoms with Crippen LogP contribution in [0.1, 0.15) is 58.3 Å². The van der Waals surface area contributed by atoms with Crippen molar-refractivity contribution >= 4 is 0 Å². The van der Waals surface area contributed by atoms with Gasteiger partial charge in [-0.15, -0.1) is 5.73 Å². The minimum absolute atomic E-state index is 0.610. The summed E-state index contributed by atoms with van der Waals surface area (Å²) >= 11 is 0. The molecule has 1 fully saturated rings. The largest absolute Gasteiger partial charge is 0.513 e. The predicted molar refractivity (Wildman–Crippen MR) is 81.0 cm³/mol. The SMILES string of the molecule is C=C=CC1CC(C2CC=C(O)CC2)CCC1CCC. The summed E-state index contributed by atoms with van der Waals surface area (Å²) < 4.78 is 0. The van der Waals surface area contributed by atoms with Crippen molar-refractivity contribution in [3.05, 3.63) is 30.2 Å². The molecule has 2 aliphatic rings. The first-order chi connectivity index (χ1) is 9.24. The van der Waals surface area contributed by atoms with Crippen LogP contribution in [0.5, 0.6) is 0 Å². The van der Waals surface area contributed by atoms with Gasteiger partial charge in [-0.3, -0.25) is 0 Å². The van der Waals surface area contributed by atoms with Gasteiger partial charge in [0.25, 0.3) is 0 Å². The molecule has 1 heteroatoms. The summed E-state index contributed by atoms with van der Waals surface area (Å²) in [5.74, 6) is 3.78. The van der Waals surface area contributed by atoms with Gasteiger partial charge < -0.3 is 5.11 Å². The van der Waals surface area contributed by atoms with Crippen molar-refractivity contribution in [2.75, 3.05) is 0 Å². The normalized spacial score (nSPS) is 35.3. The van der Waals surface area contributed by atoms with Gasteiger partial charge in [-0.05, 0) is 67.9 Å². The van der Waals surface area contributed by atoms with E-state index in [9.17, 15) is 5.11 Å². The maximum atomic E-state index is 9.51. The Kier molecular flexibility index (Phi) is 5.34. The van der Waals surface area contributed by atoms with E-state index in [1.54, 1.807) is 0 Å². The summed E-state index contributed by atoms with van der Waals surface area (Å²) in [4.78, 5) is 0. The van der Waals surface area contributed by atoms with Crippen LogP contribution in [0.4, 0.5) is 0 Å². The molecule has 0 spiro atoms. The van der Waals surface area contributed by atoms with Gasteiger partial charge in [0.2, 0.25) is 0 Å². The third kappa shape index (κ3) is 3.76. The summed E-state index contributed by atoms with van der Waals surface area (Å²) in [6, 6.07) is 0. The lowest BCUT2D eigenvalue weighted by Crippen LogP contribution is -2.28. The van der Waals surface area contributed by atoms with Crippen LogP contribution in [0.2, 0.25) is 0 Å². The molecule has 0 radical (unpaired) electrons. The van der Waals surface area contributed by atoms with Crippen LogP contribution in [0.25, 0.3) is 0 Å². The molecule has 4 atom stereocenters. The molecule has 1 saturated carbocycles. The molecular weight excluding hydrogens is 232 g/mol. The number of hydrogen-bond acceptors (Lipinski definition) is 1. The van der Waals surface area contributed by atoms with E-state index < -0.39 is 0 Å². The average Bonchev–Trinajstić information content (AvgIpc) is 2.42. The van der Waals surface area contributed by atoms with Gasteiger partial charge >= 0.3 is 0 Å². The van der Waals surface area contributed by atoms with Crippen molar-refractivity contribution in [3.8, 4) is 0 Å². The van der Waals surface area contributed by atoms with E-state index in [1.807, 2.05) is 6.08 Å². The quantitative estimate of drug-likeness (QED) is 0.671. The summed E-state index contributed by atoms with van der Waals surface area (Å²) in [6.07, 6.45) is 14.1. The van der Waals surface area contributed by atoms with Crippen LogP contribution in [0.3, 0.4) is 0 Å². The number of aliphatic hydroxyl groups is 1. The Bertz CT molecular complexity index is 362. The van der Waals surface area contributed by atoms with Crippen molar-refractivity contribution in [2.45, 2.75) is 58.3 Å². The minimum atomic E-state index is 0.610. The Labute approximate surface area is 118 Å². The molecular formula is C18H28O. The highest BCUT2D eigenvalue weighted by Crippen LogP contribution is 2.43. The molecule has 0 heterocycles. The van der Waals surface area contributed by atoms with Crippen LogP contribution in [0, 0.1) is 23.7 Å². The molecule has 106 valence electrons. The third-order valence-corrected chi connectivity index (χ3v) is 5.17. The number of rotatable bonds is 4. The zero-order valence-electron chi connectivity index (χ0n) is 12.3.